The second kappa shape index (κ2) is 4.28. The quantitative estimate of drug-likeness (QED) is 0.663. The van der Waals surface area contributed by atoms with Crippen molar-refractivity contribution in [1.82, 2.24) is 10.6 Å². The fraction of sp³-hybridized carbons (Fsp3) is 0.300. The molecule has 1 saturated heterocycles. The fourth-order valence-corrected chi connectivity index (χ4v) is 1.54. The van der Waals surface area contributed by atoms with Crippen LogP contribution in [-0.4, -0.2) is 35.5 Å². The van der Waals surface area contributed by atoms with Gasteiger partial charge in [-0.1, -0.05) is 0 Å². The van der Waals surface area contributed by atoms with Crippen LogP contribution in [0, 0.1) is 0 Å². The third-order valence-corrected chi connectivity index (χ3v) is 2.35. The average molecular weight is 238 g/mol. The van der Waals surface area contributed by atoms with Crippen molar-refractivity contribution < 1.29 is 23.9 Å². The summed E-state index contributed by atoms with van der Waals surface area (Å²) in [5, 5.41) is 13.8. The van der Waals surface area contributed by atoms with Crippen molar-refractivity contribution in [3.63, 3.8) is 0 Å². The minimum Gasteiger partial charge on any atom is -0.475 e. The van der Waals surface area contributed by atoms with Crippen molar-refractivity contribution >= 4 is 17.8 Å². The molecule has 7 heteroatoms. The van der Waals surface area contributed by atoms with Gasteiger partial charge < -0.3 is 20.2 Å². The molecule has 0 bridgehead atoms. The maximum absolute atomic E-state index is 11.6. The predicted molar refractivity (Wildman–Crippen MR) is 54.5 cm³/mol. The second-order valence-electron chi connectivity index (χ2n) is 3.65. The summed E-state index contributed by atoms with van der Waals surface area (Å²) >= 11 is 0. The van der Waals surface area contributed by atoms with E-state index in [2.05, 4.69) is 10.6 Å². The zero-order chi connectivity index (χ0) is 12.4. The minimum atomic E-state index is -1.23. The van der Waals surface area contributed by atoms with E-state index in [1.165, 1.54) is 12.1 Å². The summed E-state index contributed by atoms with van der Waals surface area (Å²) in [5.74, 6) is -2.26. The summed E-state index contributed by atoms with van der Waals surface area (Å²) in [5.41, 5.74) is 0. The van der Waals surface area contributed by atoms with Crippen LogP contribution in [0.2, 0.25) is 0 Å². The molecule has 17 heavy (non-hydrogen) atoms. The van der Waals surface area contributed by atoms with Gasteiger partial charge in [-0.3, -0.25) is 9.59 Å². The number of amides is 2. The summed E-state index contributed by atoms with van der Waals surface area (Å²) < 4.78 is 4.83. The maximum Gasteiger partial charge on any atom is 0.371 e. The number of hydrogen-bond donors (Lipinski definition) is 3. The van der Waals surface area contributed by atoms with Crippen molar-refractivity contribution in [3.05, 3.63) is 23.7 Å². The molecule has 1 fully saturated rings. The molecule has 1 unspecified atom stereocenters. The van der Waals surface area contributed by atoms with Crippen LogP contribution in [0.25, 0.3) is 0 Å². The molecule has 0 spiro atoms. The number of hydrogen-bond acceptors (Lipinski definition) is 4. The third-order valence-electron chi connectivity index (χ3n) is 2.35. The Morgan fingerprint density at radius 1 is 1.41 bits per heavy atom. The Kier molecular flexibility index (Phi) is 2.82. The van der Waals surface area contributed by atoms with Gasteiger partial charge in [0, 0.05) is 13.0 Å². The van der Waals surface area contributed by atoms with Gasteiger partial charge in [0.25, 0.3) is 5.91 Å². The Bertz CT molecular complexity index is 479. The Hall–Kier alpha value is -2.31. The first kappa shape index (κ1) is 11.2. The first-order chi connectivity index (χ1) is 8.06. The lowest BCUT2D eigenvalue weighted by atomic mass is 10.2. The number of nitrogens with one attached hydrogen (secondary N) is 2. The van der Waals surface area contributed by atoms with Crippen molar-refractivity contribution in [1.29, 1.82) is 0 Å². The van der Waals surface area contributed by atoms with Gasteiger partial charge in [0.15, 0.2) is 5.76 Å². The molecule has 0 aliphatic carbocycles. The van der Waals surface area contributed by atoms with Gasteiger partial charge in [-0.05, 0) is 12.1 Å². The van der Waals surface area contributed by atoms with E-state index in [0.29, 0.717) is 6.54 Å². The summed E-state index contributed by atoms with van der Waals surface area (Å²) in [7, 11) is 0. The lowest BCUT2D eigenvalue weighted by Crippen LogP contribution is -2.35. The highest BCUT2D eigenvalue weighted by Gasteiger charge is 2.24. The van der Waals surface area contributed by atoms with Crippen molar-refractivity contribution in [2.24, 2.45) is 0 Å². The van der Waals surface area contributed by atoms with E-state index in [1.807, 2.05) is 0 Å². The number of furan rings is 1. The van der Waals surface area contributed by atoms with Crippen molar-refractivity contribution in [2.75, 3.05) is 6.54 Å². The summed E-state index contributed by atoms with van der Waals surface area (Å²) in [6.07, 6.45) is 0.220. The Labute approximate surface area is 95.8 Å². The summed E-state index contributed by atoms with van der Waals surface area (Å²) in [4.78, 5) is 33.1. The Morgan fingerprint density at radius 2 is 2.12 bits per heavy atom. The van der Waals surface area contributed by atoms with Crippen molar-refractivity contribution in [3.8, 4) is 0 Å². The van der Waals surface area contributed by atoms with E-state index in [-0.39, 0.29) is 29.9 Å². The van der Waals surface area contributed by atoms with Crippen LogP contribution in [0.4, 0.5) is 0 Å². The number of aromatic carboxylic acids is 1. The topological polar surface area (TPSA) is 109 Å². The van der Waals surface area contributed by atoms with E-state index in [1.54, 1.807) is 0 Å². The van der Waals surface area contributed by atoms with Gasteiger partial charge in [-0.15, -0.1) is 0 Å². The van der Waals surface area contributed by atoms with Crippen LogP contribution in [0.15, 0.2) is 16.5 Å². The highest BCUT2D eigenvalue weighted by molar-refractivity contribution is 5.94. The van der Waals surface area contributed by atoms with Gasteiger partial charge in [-0.2, -0.15) is 0 Å². The lowest BCUT2D eigenvalue weighted by molar-refractivity contribution is -0.119. The average Bonchev–Trinajstić information content (AvgIpc) is 2.86. The summed E-state index contributed by atoms with van der Waals surface area (Å²) in [6.45, 7) is 0.372. The van der Waals surface area contributed by atoms with E-state index in [4.69, 9.17) is 9.52 Å². The number of carbonyl (C=O) groups excluding carboxylic acids is 2. The zero-order valence-electron chi connectivity index (χ0n) is 8.73. The number of carboxylic acid groups (broad SMARTS) is 1. The van der Waals surface area contributed by atoms with Gasteiger partial charge >= 0.3 is 5.97 Å². The van der Waals surface area contributed by atoms with Gasteiger partial charge in [0.05, 0.1) is 6.04 Å². The molecule has 0 aromatic carbocycles. The Morgan fingerprint density at radius 3 is 2.65 bits per heavy atom. The number of rotatable bonds is 3. The normalized spacial score (nSPS) is 18.8. The van der Waals surface area contributed by atoms with Crippen LogP contribution in [0.1, 0.15) is 27.5 Å². The van der Waals surface area contributed by atoms with Crippen molar-refractivity contribution in [2.45, 2.75) is 12.5 Å². The number of carboxylic acids is 1. The molecule has 1 aliphatic rings. The largest absolute Gasteiger partial charge is 0.475 e. The molecule has 1 aromatic rings. The zero-order valence-corrected chi connectivity index (χ0v) is 8.73. The maximum atomic E-state index is 11.6. The van der Waals surface area contributed by atoms with E-state index < -0.39 is 11.9 Å². The molecule has 1 atom stereocenters. The molecule has 2 amide bonds. The lowest BCUT2D eigenvalue weighted by Gasteiger charge is -2.07. The molecule has 0 radical (unpaired) electrons. The number of carbonyl (C=O) groups is 3. The highest BCUT2D eigenvalue weighted by Crippen LogP contribution is 2.09. The SMILES string of the molecule is O=C1CC(NC(=O)c2ccc(C(=O)O)o2)CN1. The van der Waals surface area contributed by atoms with E-state index >= 15 is 0 Å². The first-order valence-electron chi connectivity index (χ1n) is 4.97. The molecule has 7 nitrogen and oxygen atoms in total. The first-order valence-corrected chi connectivity index (χ1v) is 4.97. The van der Waals surface area contributed by atoms with E-state index in [0.717, 1.165) is 0 Å². The van der Waals surface area contributed by atoms with Gasteiger partial charge in [0.2, 0.25) is 11.7 Å². The molecule has 90 valence electrons. The minimum absolute atomic E-state index is 0.0817. The smallest absolute Gasteiger partial charge is 0.371 e. The monoisotopic (exact) mass is 238 g/mol. The van der Waals surface area contributed by atoms with Crippen LogP contribution in [-0.2, 0) is 4.79 Å². The van der Waals surface area contributed by atoms with Crippen LogP contribution < -0.4 is 10.6 Å². The molecular formula is C10H10N2O5. The van der Waals surface area contributed by atoms with Crippen LogP contribution in [0.3, 0.4) is 0 Å². The molecular weight excluding hydrogens is 228 g/mol. The molecule has 0 saturated carbocycles. The summed E-state index contributed by atoms with van der Waals surface area (Å²) in [6, 6.07) is 2.20. The molecule has 2 rings (SSSR count). The highest BCUT2D eigenvalue weighted by atomic mass is 16.4. The van der Waals surface area contributed by atoms with Gasteiger partial charge in [0.1, 0.15) is 0 Å². The standard InChI is InChI=1S/C10H10N2O5/c13-8-3-5(4-11-8)12-9(14)6-1-2-7(17-6)10(15)16/h1-2,5H,3-4H2,(H,11,13)(H,12,14)(H,15,16). The van der Waals surface area contributed by atoms with Crippen LogP contribution in [0.5, 0.6) is 0 Å². The van der Waals surface area contributed by atoms with Gasteiger partial charge in [-0.25, -0.2) is 4.79 Å². The third kappa shape index (κ3) is 2.44. The molecule has 1 aromatic heterocycles. The second-order valence-corrected chi connectivity index (χ2v) is 3.65. The van der Waals surface area contributed by atoms with E-state index in [9.17, 15) is 14.4 Å². The fourth-order valence-electron chi connectivity index (χ4n) is 1.54. The Balaban J connectivity index is 1.99. The van der Waals surface area contributed by atoms with Crippen LogP contribution >= 0.6 is 0 Å². The predicted octanol–water partition coefficient (Wildman–Crippen LogP) is -0.404. The molecule has 3 N–H and O–H groups in total. The molecule has 2 heterocycles. The molecule has 1 aliphatic heterocycles.